The zero-order chi connectivity index (χ0) is 29.5. The van der Waals surface area contributed by atoms with Crippen molar-refractivity contribution in [2.24, 2.45) is 4.99 Å². The van der Waals surface area contributed by atoms with Gasteiger partial charge in [-0.3, -0.25) is 9.36 Å². The predicted molar refractivity (Wildman–Crippen MR) is 163 cm³/mol. The second-order valence-corrected chi connectivity index (χ2v) is 11.8. The molecule has 220 valence electrons. The van der Waals surface area contributed by atoms with Crippen LogP contribution in [0.25, 0.3) is 11.8 Å². The molecule has 10 nitrogen and oxygen atoms in total. The lowest BCUT2D eigenvalue weighted by molar-refractivity contribution is -0.138. The molecule has 0 radical (unpaired) electrons. The number of ether oxygens (including phenoxy) is 4. The van der Waals surface area contributed by atoms with Gasteiger partial charge in [0.25, 0.3) is 5.56 Å². The van der Waals surface area contributed by atoms with Gasteiger partial charge in [-0.05, 0) is 40.5 Å². The minimum atomic E-state index is -0.825. The molecule has 1 atom stereocenters. The molecule has 1 unspecified atom stereocenters. The van der Waals surface area contributed by atoms with Crippen LogP contribution in [0, 0.1) is 0 Å². The van der Waals surface area contributed by atoms with Gasteiger partial charge in [0.2, 0.25) is 12.7 Å². The lowest BCUT2D eigenvalue weighted by Crippen LogP contribution is -2.40. The van der Waals surface area contributed by atoms with Crippen LogP contribution in [0.1, 0.15) is 29.9 Å². The third kappa shape index (κ3) is 5.09. The van der Waals surface area contributed by atoms with Gasteiger partial charge in [0.15, 0.2) is 16.3 Å². The fraction of sp³-hybridized carbons (Fsp3) is 0.258. The first-order valence-corrected chi connectivity index (χ1v) is 15.4. The van der Waals surface area contributed by atoms with Gasteiger partial charge >= 0.3 is 5.97 Å². The quantitative estimate of drug-likeness (QED) is 0.287. The van der Waals surface area contributed by atoms with Crippen molar-refractivity contribution in [3.63, 3.8) is 0 Å². The van der Waals surface area contributed by atoms with Crippen molar-refractivity contribution in [2.45, 2.75) is 13.0 Å². The molecule has 12 heteroatoms. The van der Waals surface area contributed by atoms with E-state index in [4.69, 9.17) is 28.4 Å². The topological polar surface area (TPSA) is 105 Å². The SMILES string of the molecule is CCOC(=O)C1=C(c2ccccc2)N=c2s/c(=C/c3cc(Br)c(N4CCOCC4)o3)c(=O)n2C1c1ccc2c(c1)OCO2. The highest BCUT2D eigenvalue weighted by Gasteiger charge is 2.36. The Hall–Kier alpha value is -4.13. The maximum absolute atomic E-state index is 14.2. The van der Waals surface area contributed by atoms with Gasteiger partial charge in [0, 0.05) is 30.8 Å². The number of hydrogen-bond acceptors (Lipinski definition) is 10. The Morgan fingerprint density at radius 2 is 1.91 bits per heavy atom. The Labute approximate surface area is 258 Å². The van der Waals surface area contributed by atoms with E-state index in [1.54, 1.807) is 29.7 Å². The molecule has 0 spiro atoms. The molecule has 0 bridgehead atoms. The maximum atomic E-state index is 14.2. The predicted octanol–water partition coefficient (Wildman–Crippen LogP) is 3.86. The number of carbonyl (C=O) groups excluding carboxylic acids is 1. The van der Waals surface area contributed by atoms with Crippen LogP contribution >= 0.6 is 27.3 Å². The Bertz CT molecular complexity index is 1920. The maximum Gasteiger partial charge on any atom is 0.338 e. The smallest absolute Gasteiger partial charge is 0.338 e. The molecule has 4 aromatic rings. The number of fused-ring (bicyclic) bond motifs is 2. The summed E-state index contributed by atoms with van der Waals surface area (Å²) in [6.45, 7) is 4.67. The number of benzene rings is 2. The van der Waals surface area contributed by atoms with Crippen molar-refractivity contribution >= 4 is 50.9 Å². The van der Waals surface area contributed by atoms with Crippen molar-refractivity contribution in [1.82, 2.24) is 4.57 Å². The summed E-state index contributed by atoms with van der Waals surface area (Å²) in [7, 11) is 0. The second kappa shape index (κ2) is 11.5. The first kappa shape index (κ1) is 27.7. The molecule has 3 aliphatic heterocycles. The summed E-state index contributed by atoms with van der Waals surface area (Å²) < 4.78 is 31.1. The number of furan rings is 1. The molecule has 43 heavy (non-hydrogen) atoms. The van der Waals surface area contributed by atoms with Gasteiger partial charge in [-0.1, -0.05) is 47.7 Å². The number of carbonyl (C=O) groups is 1. The van der Waals surface area contributed by atoms with E-state index in [1.807, 2.05) is 42.5 Å². The van der Waals surface area contributed by atoms with Crippen molar-refractivity contribution in [1.29, 1.82) is 0 Å². The van der Waals surface area contributed by atoms with Crippen LogP contribution in [-0.4, -0.2) is 50.2 Å². The molecule has 0 saturated carbocycles. The van der Waals surface area contributed by atoms with Crippen LogP contribution in [0.2, 0.25) is 0 Å². The minimum absolute atomic E-state index is 0.0997. The van der Waals surface area contributed by atoms with Crippen molar-refractivity contribution in [3.8, 4) is 11.5 Å². The van der Waals surface area contributed by atoms with E-state index in [0.717, 1.165) is 10.0 Å². The molecule has 2 aromatic heterocycles. The Balaban J connectivity index is 1.43. The average molecular weight is 665 g/mol. The third-order valence-corrected chi connectivity index (χ3v) is 8.90. The Morgan fingerprint density at radius 1 is 1.12 bits per heavy atom. The molecule has 0 aliphatic carbocycles. The minimum Gasteiger partial charge on any atom is -0.463 e. The van der Waals surface area contributed by atoms with E-state index in [1.165, 1.54) is 11.3 Å². The highest BCUT2D eigenvalue weighted by molar-refractivity contribution is 9.10. The van der Waals surface area contributed by atoms with Crippen LogP contribution < -0.4 is 29.3 Å². The molecule has 3 aliphatic rings. The molecule has 0 N–H and O–H groups in total. The summed E-state index contributed by atoms with van der Waals surface area (Å²) in [6.07, 6.45) is 1.71. The molecular weight excluding hydrogens is 638 g/mol. The molecule has 0 amide bonds. The molecular formula is C31H26BrN3O7S. The van der Waals surface area contributed by atoms with E-state index in [-0.39, 0.29) is 24.5 Å². The first-order chi connectivity index (χ1) is 21.0. The van der Waals surface area contributed by atoms with E-state index in [9.17, 15) is 9.59 Å². The first-order valence-electron chi connectivity index (χ1n) is 13.8. The molecule has 2 aromatic carbocycles. The molecule has 1 fully saturated rings. The number of rotatable bonds is 6. The largest absolute Gasteiger partial charge is 0.463 e. The third-order valence-electron chi connectivity index (χ3n) is 7.35. The van der Waals surface area contributed by atoms with Crippen molar-refractivity contribution < 1.29 is 28.2 Å². The summed E-state index contributed by atoms with van der Waals surface area (Å²) in [5.74, 6) is 1.80. The van der Waals surface area contributed by atoms with Crippen LogP contribution in [0.3, 0.4) is 0 Å². The van der Waals surface area contributed by atoms with Crippen molar-refractivity contribution in [2.75, 3.05) is 44.6 Å². The van der Waals surface area contributed by atoms with Crippen LogP contribution in [0.4, 0.5) is 5.88 Å². The van der Waals surface area contributed by atoms with Crippen LogP contribution in [0.5, 0.6) is 11.5 Å². The Kier molecular flexibility index (Phi) is 7.41. The summed E-state index contributed by atoms with van der Waals surface area (Å²) in [6, 6.07) is 15.9. The summed E-state index contributed by atoms with van der Waals surface area (Å²) >= 11 is 4.84. The number of halogens is 1. The average Bonchev–Trinajstić information content (AvgIpc) is 3.74. The zero-order valence-corrected chi connectivity index (χ0v) is 25.5. The zero-order valence-electron chi connectivity index (χ0n) is 23.1. The number of anilines is 1. The van der Waals surface area contributed by atoms with Gasteiger partial charge in [0.1, 0.15) is 5.76 Å². The van der Waals surface area contributed by atoms with E-state index >= 15 is 0 Å². The monoisotopic (exact) mass is 663 g/mol. The van der Waals surface area contributed by atoms with Gasteiger partial charge in [0.05, 0.1) is 46.1 Å². The number of aromatic nitrogens is 1. The summed E-state index contributed by atoms with van der Waals surface area (Å²) in [4.78, 5) is 35.3. The number of morpholine rings is 1. The van der Waals surface area contributed by atoms with E-state index in [2.05, 4.69) is 20.8 Å². The normalized spacial score (nSPS) is 18.0. The number of thiazole rings is 1. The van der Waals surface area contributed by atoms with Gasteiger partial charge < -0.3 is 28.3 Å². The van der Waals surface area contributed by atoms with E-state index in [0.29, 0.717) is 70.0 Å². The lowest BCUT2D eigenvalue weighted by atomic mass is 9.93. The van der Waals surface area contributed by atoms with Gasteiger partial charge in [-0.15, -0.1) is 0 Å². The summed E-state index contributed by atoms with van der Waals surface area (Å²) in [5.41, 5.74) is 1.81. The van der Waals surface area contributed by atoms with Gasteiger partial charge in [-0.25, -0.2) is 9.79 Å². The van der Waals surface area contributed by atoms with Crippen LogP contribution in [-0.2, 0) is 14.3 Å². The van der Waals surface area contributed by atoms with Gasteiger partial charge in [-0.2, -0.15) is 0 Å². The number of nitrogens with zero attached hydrogens (tertiary/aromatic N) is 3. The fourth-order valence-corrected chi connectivity index (χ4v) is 6.94. The van der Waals surface area contributed by atoms with Crippen LogP contribution in [0.15, 0.2) is 78.8 Å². The lowest BCUT2D eigenvalue weighted by Gasteiger charge is -2.26. The Morgan fingerprint density at radius 3 is 2.70 bits per heavy atom. The number of esters is 1. The second-order valence-electron chi connectivity index (χ2n) is 9.95. The molecule has 1 saturated heterocycles. The highest BCUT2D eigenvalue weighted by atomic mass is 79.9. The molecule has 7 rings (SSSR count). The standard InChI is InChI=1S/C31H26BrN3O7S/c1-2-39-30(37)25-26(18-6-4-3-5-7-18)33-31-35(27(25)19-8-9-22-23(14-19)41-17-40-22)28(36)24(43-31)16-20-15-21(32)29(42-20)34-10-12-38-13-11-34/h3-9,14-16,27H,2,10-13,17H2,1H3/b24-16+. The summed E-state index contributed by atoms with van der Waals surface area (Å²) in [5, 5.41) is 0. The van der Waals surface area contributed by atoms with Crippen molar-refractivity contribution in [3.05, 3.63) is 101 Å². The highest BCUT2D eigenvalue weighted by Crippen LogP contribution is 2.40. The van der Waals surface area contributed by atoms with E-state index < -0.39 is 12.0 Å². The fourth-order valence-electron chi connectivity index (χ4n) is 5.40. The molecule has 5 heterocycles. The number of hydrogen-bond donors (Lipinski definition) is 0.